The van der Waals surface area contributed by atoms with Gasteiger partial charge in [0.1, 0.15) is 0 Å². The minimum atomic E-state index is -2.10. The number of nitrogens with one attached hydrogen (secondary N) is 2. The maximum atomic E-state index is 9.01. The molecule has 2 N–H and O–H groups in total. The van der Waals surface area contributed by atoms with E-state index in [1.807, 2.05) is 0 Å². The van der Waals surface area contributed by atoms with Crippen molar-refractivity contribution in [3.05, 3.63) is 23.5 Å². The third-order valence-electron chi connectivity index (χ3n) is 10.2. The molecule has 0 unspecified atom stereocenters. The van der Waals surface area contributed by atoms with Crippen LogP contribution in [-0.2, 0) is 17.2 Å². The molecule has 0 aromatic rings. The average Bonchev–Trinajstić information content (AvgIpc) is 2.66. The Morgan fingerprint density at radius 2 is 0.500 bits per heavy atom. The summed E-state index contributed by atoms with van der Waals surface area (Å²) in [6.07, 6.45) is 1.50. The van der Waals surface area contributed by atoms with Crippen LogP contribution in [0.3, 0.4) is 0 Å². The molecule has 0 spiro atoms. The molecule has 0 aliphatic carbocycles. The second-order valence-electron chi connectivity index (χ2n) is 22.9. The molecule has 0 aromatic carbocycles. The van der Waals surface area contributed by atoms with E-state index in [0.717, 1.165) is 0 Å². The Hall–Kier alpha value is 0.695. The van der Waals surface area contributed by atoms with Crippen molar-refractivity contribution in [1.82, 2.24) is 0 Å². The number of hydrogen-bond acceptors (Lipinski definition) is 1. The summed E-state index contributed by atoms with van der Waals surface area (Å²) in [5.41, 5.74) is 0. The largest absolute Gasteiger partial charge is 0.518 e. The Labute approximate surface area is 306 Å². The van der Waals surface area contributed by atoms with E-state index in [0.29, 0.717) is 0 Å². The maximum Gasteiger partial charge on any atom is -0.0794 e. The summed E-state index contributed by atoms with van der Waals surface area (Å²) < 4.78 is 4.91. The van der Waals surface area contributed by atoms with Crippen LogP contribution in [0.25, 0.3) is 10.8 Å². The molecule has 7 heteroatoms. The van der Waals surface area contributed by atoms with Crippen LogP contribution in [0.15, 0.2) is 9.53 Å². The molecule has 0 rings (SSSR count). The summed E-state index contributed by atoms with van der Waals surface area (Å²) in [4.78, 5) is 0. The van der Waals surface area contributed by atoms with Gasteiger partial charge in [0.15, 0.2) is 0 Å². The van der Waals surface area contributed by atoms with E-state index < -0.39 is 24.7 Å². The van der Waals surface area contributed by atoms with Crippen molar-refractivity contribution in [2.75, 3.05) is 0 Å². The van der Waals surface area contributed by atoms with Gasteiger partial charge < -0.3 is 17.4 Å². The molecular formula is C39H88N3Si3V-3. The molecule has 0 bridgehead atoms. The van der Waals surface area contributed by atoms with Gasteiger partial charge in [0.25, 0.3) is 0 Å². The molecule has 0 aliphatic heterocycles. The van der Waals surface area contributed by atoms with Crippen molar-refractivity contribution in [3.8, 4) is 0 Å². The van der Waals surface area contributed by atoms with Crippen LogP contribution in [0.2, 0.25) is 45.3 Å². The summed E-state index contributed by atoms with van der Waals surface area (Å²) in [6, 6.07) is 0. The van der Waals surface area contributed by atoms with Crippen molar-refractivity contribution in [3.63, 3.8) is 0 Å². The summed E-state index contributed by atoms with van der Waals surface area (Å²) in [5.74, 6) is 0. The zero-order valence-electron chi connectivity index (χ0n) is 37.0. The van der Waals surface area contributed by atoms with Crippen LogP contribution >= 0.6 is 0 Å². The third-order valence-corrected chi connectivity index (χ3v) is 31.9. The predicted molar refractivity (Wildman–Crippen MR) is 220 cm³/mol. The second-order valence-corrected chi connectivity index (χ2v) is 42.0. The van der Waals surface area contributed by atoms with Gasteiger partial charge in [-0.15, -0.1) is 0 Å². The first-order valence-electron chi connectivity index (χ1n) is 17.6. The summed E-state index contributed by atoms with van der Waals surface area (Å²) in [6.45, 7) is 68.0. The molecule has 0 atom stereocenters. The van der Waals surface area contributed by atoms with Crippen LogP contribution < -0.4 is 0 Å². The molecule has 0 aromatic heterocycles. The fraction of sp³-hybridized carbons (Fsp3) is 0.949. The van der Waals surface area contributed by atoms with Crippen LogP contribution in [0.5, 0.6) is 0 Å². The Kier molecular flexibility index (Phi) is 19.0. The topological polar surface area (TPSA) is 60.0 Å². The molecular weight excluding hydrogens is 646 g/mol. The molecule has 0 saturated carbocycles. The van der Waals surface area contributed by atoms with E-state index >= 15 is 0 Å². The SMILES string of the molecule is CC(C)(C)[Si]([NH-])(C(C)(C)C)C(C)(C)C.CC(C)(C)[Si]([NH-])(C(C)(C)C)C(C)(C)C.CC(C)(C)[Si]([N]=[V])(C(C)(C)C)C(C)(C)C.[CH-]=CC. The van der Waals surface area contributed by atoms with E-state index in [1.54, 1.807) is 6.92 Å². The first kappa shape index (κ1) is 53.5. The molecule has 0 saturated heterocycles. The molecule has 46 heavy (non-hydrogen) atoms. The standard InChI is InChI=1S/2C12H28NSi.C12H27NSi.C3H5.V/c3*1-10(2,3)14(13,11(4,5)6)12(7,8)9;1-3-2;/h2*13H,1-9H3;1-9H3;1,3H,2H3;/q2*-1;;-1;. The fourth-order valence-corrected chi connectivity index (χ4v) is 35.9. The van der Waals surface area contributed by atoms with Gasteiger partial charge in [-0.05, 0) is 16.5 Å². The number of nitrogens with zero attached hydrogens (tertiary/aromatic N) is 1. The molecule has 0 radical (unpaired) electrons. The maximum absolute atomic E-state index is 9.01. The first-order valence-corrected chi connectivity index (χ1v) is 24.2. The molecule has 0 aliphatic rings. The van der Waals surface area contributed by atoms with Gasteiger partial charge in [-0.25, -0.2) is 0 Å². The van der Waals surface area contributed by atoms with Gasteiger partial charge >= 0.3 is 106 Å². The van der Waals surface area contributed by atoms with Gasteiger partial charge in [-0.3, -0.25) is 6.08 Å². The number of rotatable bonds is 1. The van der Waals surface area contributed by atoms with Crippen molar-refractivity contribution in [1.29, 1.82) is 0 Å². The van der Waals surface area contributed by atoms with E-state index in [1.165, 1.54) is 6.08 Å². The van der Waals surface area contributed by atoms with Crippen molar-refractivity contribution in [2.45, 2.75) is 239 Å². The zero-order valence-corrected chi connectivity index (χ0v) is 41.4. The van der Waals surface area contributed by atoms with E-state index in [-0.39, 0.29) is 45.3 Å². The Morgan fingerprint density at radius 3 is 0.500 bits per heavy atom. The van der Waals surface area contributed by atoms with E-state index in [2.05, 4.69) is 204 Å². The van der Waals surface area contributed by atoms with Crippen LogP contribution in [-0.4, -0.2) is 24.7 Å². The van der Waals surface area contributed by atoms with Gasteiger partial charge in [-0.2, -0.15) is 0 Å². The summed E-state index contributed by atoms with van der Waals surface area (Å²) in [7, 11) is -5.99. The van der Waals surface area contributed by atoms with Crippen molar-refractivity contribution in [2.24, 2.45) is 3.46 Å². The number of allylic oxidation sites excluding steroid dienone is 1. The van der Waals surface area contributed by atoms with Crippen LogP contribution in [0, 0.1) is 6.58 Å². The monoisotopic (exact) mass is 734 g/mol. The number of hydrogen-bond donors (Lipinski definition) is 0. The van der Waals surface area contributed by atoms with Crippen molar-refractivity contribution >= 4 is 24.7 Å². The zero-order chi connectivity index (χ0) is 39.4. The first-order chi connectivity index (χ1) is 19.2. The quantitative estimate of drug-likeness (QED) is 0.190. The third kappa shape index (κ3) is 11.9. The molecule has 3 nitrogen and oxygen atoms in total. The Bertz CT molecular complexity index is 767. The van der Waals surface area contributed by atoms with E-state index in [4.69, 9.17) is 20.8 Å². The van der Waals surface area contributed by atoms with Crippen LogP contribution in [0.4, 0.5) is 0 Å². The van der Waals surface area contributed by atoms with Gasteiger partial charge in [0, 0.05) is 0 Å². The summed E-state index contributed by atoms with van der Waals surface area (Å²) in [5, 5.41) is 19.7. The molecule has 0 fully saturated rings. The van der Waals surface area contributed by atoms with E-state index in [9.17, 15) is 0 Å². The van der Waals surface area contributed by atoms with Crippen LogP contribution in [0.1, 0.15) is 194 Å². The predicted octanol–water partition coefficient (Wildman–Crippen LogP) is 16.8. The minimum absolute atomic E-state index is 0.128. The summed E-state index contributed by atoms with van der Waals surface area (Å²) >= 11 is 2.51. The van der Waals surface area contributed by atoms with Gasteiger partial charge in [0.2, 0.25) is 0 Å². The van der Waals surface area contributed by atoms with Gasteiger partial charge in [-0.1, -0.05) is 162 Å². The minimum Gasteiger partial charge on any atom is -0.518 e. The molecule has 0 heterocycles. The molecule has 0 amide bonds. The second kappa shape index (κ2) is 16.4. The van der Waals surface area contributed by atoms with Gasteiger partial charge in [0.05, 0.1) is 0 Å². The average molecular weight is 734 g/mol. The smallest absolute Gasteiger partial charge is 0.0794 e. The molecule has 279 valence electrons. The Morgan fingerprint density at radius 1 is 0.391 bits per heavy atom. The Balaban J connectivity index is -0.000000275. The fourth-order valence-electron chi connectivity index (χ4n) is 10.6. The van der Waals surface area contributed by atoms with Crippen molar-refractivity contribution < 1.29 is 17.2 Å². The normalized spacial score (nSPS) is 14.9.